The summed E-state index contributed by atoms with van der Waals surface area (Å²) in [6.07, 6.45) is 8.37. The Morgan fingerprint density at radius 1 is 1.14 bits per heavy atom. The van der Waals surface area contributed by atoms with Crippen LogP contribution in [-0.4, -0.2) is 6.79 Å². The summed E-state index contributed by atoms with van der Waals surface area (Å²) in [6.45, 7) is 2.31. The number of terminal acetylenes is 1. The van der Waals surface area contributed by atoms with Gasteiger partial charge < -0.3 is 9.47 Å². The molecule has 0 bridgehead atoms. The second-order valence-electron chi connectivity index (χ2n) is 7.15. The molecule has 0 fully saturated rings. The Balaban J connectivity index is 1.50. The van der Waals surface area contributed by atoms with Gasteiger partial charge in [-0.1, -0.05) is 42.3 Å². The fourth-order valence-electron chi connectivity index (χ4n) is 3.60. The van der Waals surface area contributed by atoms with Crippen LogP contribution in [0, 0.1) is 18.2 Å². The van der Waals surface area contributed by atoms with Gasteiger partial charge in [0.1, 0.15) is 5.82 Å². The van der Waals surface area contributed by atoms with E-state index in [2.05, 4.69) is 12.8 Å². The number of rotatable bonds is 6. The Hall–Kier alpha value is -2.77. The van der Waals surface area contributed by atoms with E-state index in [0.717, 1.165) is 52.3 Å². The van der Waals surface area contributed by atoms with Crippen molar-refractivity contribution in [3.63, 3.8) is 0 Å². The Kier molecular flexibility index (Phi) is 5.11. The number of hydrogen-bond acceptors (Lipinski definition) is 3. The Bertz CT molecular complexity index is 1020. The zero-order valence-corrected chi connectivity index (χ0v) is 16.5. The van der Waals surface area contributed by atoms with Gasteiger partial charge in [0.05, 0.1) is 5.41 Å². The van der Waals surface area contributed by atoms with E-state index in [9.17, 15) is 4.39 Å². The lowest BCUT2D eigenvalue weighted by molar-refractivity contribution is 0.174. The molecule has 142 valence electrons. The first-order chi connectivity index (χ1) is 13.6. The van der Waals surface area contributed by atoms with Gasteiger partial charge in [0.15, 0.2) is 11.5 Å². The molecule has 1 atom stereocenters. The van der Waals surface area contributed by atoms with Crippen LogP contribution in [0.2, 0.25) is 0 Å². The van der Waals surface area contributed by atoms with Gasteiger partial charge in [0, 0.05) is 15.8 Å². The maximum absolute atomic E-state index is 14.4. The molecular weight excluding hydrogens is 371 g/mol. The van der Waals surface area contributed by atoms with E-state index in [1.165, 1.54) is 11.3 Å². The summed E-state index contributed by atoms with van der Waals surface area (Å²) in [4.78, 5) is 1.06. The van der Waals surface area contributed by atoms with Crippen molar-refractivity contribution >= 4 is 11.3 Å². The quantitative estimate of drug-likeness (QED) is 0.465. The van der Waals surface area contributed by atoms with Crippen LogP contribution in [0.3, 0.4) is 0 Å². The van der Waals surface area contributed by atoms with E-state index >= 15 is 0 Å². The minimum Gasteiger partial charge on any atom is -0.454 e. The van der Waals surface area contributed by atoms with Crippen molar-refractivity contribution in [2.45, 2.75) is 31.6 Å². The van der Waals surface area contributed by atoms with Gasteiger partial charge in [0.2, 0.25) is 6.79 Å². The van der Waals surface area contributed by atoms with E-state index in [1.807, 2.05) is 48.5 Å². The topological polar surface area (TPSA) is 18.5 Å². The summed E-state index contributed by atoms with van der Waals surface area (Å²) < 4.78 is 25.2. The smallest absolute Gasteiger partial charge is 0.231 e. The van der Waals surface area contributed by atoms with Crippen LogP contribution in [0.15, 0.2) is 53.9 Å². The average Bonchev–Trinajstić information content (AvgIpc) is 3.34. The van der Waals surface area contributed by atoms with Gasteiger partial charge in [-0.2, -0.15) is 0 Å². The number of halogens is 1. The molecule has 1 aromatic heterocycles. The first-order valence-corrected chi connectivity index (χ1v) is 10.2. The lowest BCUT2D eigenvalue weighted by Crippen LogP contribution is -2.19. The van der Waals surface area contributed by atoms with Crippen molar-refractivity contribution < 1.29 is 13.9 Å². The zero-order valence-electron chi connectivity index (χ0n) is 15.7. The lowest BCUT2D eigenvalue weighted by Gasteiger charge is -2.24. The first kappa shape index (κ1) is 18.6. The molecule has 1 aliphatic rings. The van der Waals surface area contributed by atoms with Gasteiger partial charge >= 0.3 is 0 Å². The first-order valence-electron chi connectivity index (χ1n) is 9.30. The van der Waals surface area contributed by atoms with Gasteiger partial charge in [0.25, 0.3) is 0 Å². The molecule has 2 nitrogen and oxygen atoms in total. The molecule has 0 spiro atoms. The maximum atomic E-state index is 14.4. The number of thiophene rings is 1. The molecule has 1 aliphatic heterocycles. The normalized spacial score (nSPS) is 14.5. The fourth-order valence-corrected chi connectivity index (χ4v) is 4.56. The summed E-state index contributed by atoms with van der Waals surface area (Å²) >= 11 is 1.48. The standard InChI is InChI=1S/C24H21FO2S/c1-3-24(2,18-11-12-20-21(14-18)27-16-26-20)13-7-10-22-23(19(25)15-28-22)17-8-5-4-6-9-17/h1,4-6,8-9,11-12,14-15H,7,10,13,16H2,2H3. The third kappa shape index (κ3) is 3.50. The van der Waals surface area contributed by atoms with Crippen molar-refractivity contribution in [1.82, 2.24) is 0 Å². The summed E-state index contributed by atoms with van der Waals surface area (Å²) in [5, 5.41) is 1.59. The molecule has 2 heterocycles. The molecule has 4 rings (SSSR count). The SMILES string of the molecule is C#CC(C)(CCCc1scc(F)c1-c1ccccc1)c1ccc2c(c1)OCO2. The Morgan fingerprint density at radius 3 is 2.71 bits per heavy atom. The highest BCUT2D eigenvalue weighted by Crippen LogP contribution is 2.39. The molecule has 3 aromatic rings. The van der Waals surface area contributed by atoms with Crippen LogP contribution in [-0.2, 0) is 11.8 Å². The minimum atomic E-state index is -0.413. The highest BCUT2D eigenvalue weighted by molar-refractivity contribution is 7.10. The van der Waals surface area contributed by atoms with E-state index in [-0.39, 0.29) is 12.6 Å². The van der Waals surface area contributed by atoms with Crippen LogP contribution < -0.4 is 9.47 Å². The number of aryl methyl sites for hydroxylation is 1. The van der Waals surface area contributed by atoms with Crippen molar-refractivity contribution in [2.24, 2.45) is 0 Å². The molecular formula is C24H21FO2S. The predicted molar refractivity (Wildman–Crippen MR) is 111 cm³/mol. The monoisotopic (exact) mass is 392 g/mol. The van der Waals surface area contributed by atoms with Gasteiger partial charge in [-0.25, -0.2) is 4.39 Å². The summed E-state index contributed by atoms with van der Waals surface area (Å²) in [5.74, 6) is 4.30. The summed E-state index contributed by atoms with van der Waals surface area (Å²) in [5.41, 5.74) is 2.27. The Labute approximate surface area is 168 Å². The predicted octanol–water partition coefficient (Wildman–Crippen LogP) is 6.20. The molecule has 0 saturated carbocycles. The summed E-state index contributed by atoms with van der Waals surface area (Å²) in [7, 11) is 0. The minimum absolute atomic E-state index is 0.151. The van der Waals surface area contributed by atoms with Crippen molar-refractivity contribution in [3.8, 4) is 35.0 Å². The second kappa shape index (κ2) is 7.69. The zero-order chi connectivity index (χ0) is 19.6. The second-order valence-corrected chi connectivity index (χ2v) is 8.11. The molecule has 4 heteroatoms. The van der Waals surface area contributed by atoms with Crippen molar-refractivity contribution in [2.75, 3.05) is 6.79 Å². The molecule has 1 unspecified atom stereocenters. The summed E-state index contributed by atoms with van der Waals surface area (Å²) in [6, 6.07) is 15.6. The Morgan fingerprint density at radius 2 is 1.93 bits per heavy atom. The number of fused-ring (bicyclic) bond motifs is 1. The van der Waals surface area contributed by atoms with Crippen LogP contribution >= 0.6 is 11.3 Å². The van der Waals surface area contributed by atoms with Crippen LogP contribution in [0.25, 0.3) is 11.1 Å². The molecule has 0 amide bonds. The maximum Gasteiger partial charge on any atom is 0.231 e. The van der Waals surface area contributed by atoms with Crippen molar-refractivity contribution in [1.29, 1.82) is 0 Å². The molecule has 0 radical (unpaired) electrons. The highest BCUT2D eigenvalue weighted by atomic mass is 32.1. The number of hydrogen-bond donors (Lipinski definition) is 0. The van der Waals surface area contributed by atoms with E-state index < -0.39 is 5.41 Å². The highest BCUT2D eigenvalue weighted by Gasteiger charge is 2.27. The third-order valence-corrected chi connectivity index (χ3v) is 6.31. The van der Waals surface area contributed by atoms with E-state index in [0.29, 0.717) is 0 Å². The number of ether oxygens (including phenoxy) is 2. The van der Waals surface area contributed by atoms with Crippen LogP contribution in [0.5, 0.6) is 11.5 Å². The molecule has 28 heavy (non-hydrogen) atoms. The molecule has 0 N–H and O–H groups in total. The van der Waals surface area contributed by atoms with Gasteiger partial charge in [-0.3, -0.25) is 0 Å². The molecule has 0 aliphatic carbocycles. The lowest BCUT2D eigenvalue weighted by atomic mass is 9.78. The van der Waals surface area contributed by atoms with E-state index in [4.69, 9.17) is 15.9 Å². The van der Waals surface area contributed by atoms with Crippen molar-refractivity contribution in [3.05, 3.63) is 70.2 Å². The van der Waals surface area contributed by atoms with E-state index in [1.54, 1.807) is 5.38 Å². The average molecular weight is 392 g/mol. The van der Waals surface area contributed by atoms with Gasteiger partial charge in [-0.05, 0) is 49.4 Å². The van der Waals surface area contributed by atoms with Crippen LogP contribution in [0.1, 0.15) is 30.2 Å². The third-order valence-electron chi connectivity index (χ3n) is 5.29. The van der Waals surface area contributed by atoms with Crippen LogP contribution in [0.4, 0.5) is 4.39 Å². The molecule has 0 saturated heterocycles. The number of benzene rings is 2. The largest absolute Gasteiger partial charge is 0.454 e. The van der Waals surface area contributed by atoms with Gasteiger partial charge in [-0.15, -0.1) is 17.8 Å². The fraction of sp³-hybridized carbons (Fsp3) is 0.250. The molecule has 2 aromatic carbocycles.